The van der Waals surface area contributed by atoms with Crippen molar-refractivity contribution in [2.75, 3.05) is 20.1 Å². The molecule has 1 aliphatic carbocycles. The lowest BCUT2D eigenvalue weighted by atomic mass is 9.92. The zero-order chi connectivity index (χ0) is 11.5. The zero-order valence-electron chi connectivity index (χ0n) is 10.9. The smallest absolute Gasteiger partial charge is 0.0303 e. The van der Waals surface area contributed by atoms with Crippen LogP contribution < -0.4 is 5.73 Å². The molecule has 1 rings (SSSR count). The van der Waals surface area contributed by atoms with E-state index in [2.05, 4.69) is 32.7 Å². The lowest BCUT2D eigenvalue weighted by molar-refractivity contribution is 0.109. The molecule has 0 aliphatic heterocycles. The Kier molecular flexibility index (Phi) is 4.60. The molecule has 90 valence electrons. The first kappa shape index (κ1) is 13.0. The highest BCUT2D eigenvalue weighted by Crippen LogP contribution is 2.38. The standard InChI is InChI=1S/C13H28N2/c1-5-11(2)9-15(4)13(3,10-14)8-12-6-7-12/h11-12H,5-10,14H2,1-4H3. The van der Waals surface area contributed by atoms with E-state index >= 15 is 0 Å². The second kappa shape index (κ2) is 5.31. The summed E-state index contributed by atoms with van der Waals surface area (Å²) in [5.74, 6) is 1.73. The first-order valence-corrected chi connectivity index (χ1v) is 6.43. The van der Waals surface area contributed by atoms with Crippen LogP contribution in [0.25, 0.3) is 0 Å². The third-order valence-electron chi connectivity index (χ3n) is 4.07. The minimum atomic E-state index is 0.227. The fourth-order valence-electron chi connectivity index (χ4n) is 2.16. The second-order valence-corrected chi connectivity index (χ2v) is 5.74. The molecule has 0 aromatic heterocycles. The van der Waals surface area contributed by atoms with Crippen molar-refractivity contribution in [1.29, 1.82) is 0 Å². The first-order valence-electron chi connectivity index (χ1n) is 6.43. The number of nitrogens with two attached hydrogens (primary N) is 1. The molecular formula is C13H28N2. The van der Waals surface area contributed by atoms with Crippen molar-refractivity contribution in [2.45, 2.75) is 52.0 Å². The predicted molar refractivity (Wildman–Crippen MR) is 66.9 cm³/mol. The summed E-state index contributed by atoms with van der Waals surface area (Å²) in [6.07, 6.45) is 5.39. The third-order valence-corrected chi connectivity index (χ3v) is 4.07. The Labute approximate surface area is 95.2 Å². The molecule has 1 fully saturated rings. The third kappa shape index (κ3) is 3.76. The average molecular weight is 212 g/mol. The maximum absolute atomic E-state index is 5.96. The Balaban J connectivity index is 2.46. The molecule has 0 aromatic carbocycles. The van der Waals surface area contributed by atoms with Crippen molar-refractivity contribution in [2.24, 2.45) is 17.6 Å². The number of hydrogen-bond donors (Lipinski definition) is 1. The Hall–Kier alpha value is -0.0800. The van der Waals surface area contributed by atoms with Crippen LogP contribution in [0, 0.1) is 11.8 Å². The van der Waals surface area contributed by atoms with Crippen LogP contribution >= 0.6 is 0 Å². The minimum absolute atomic E-state index is 0.227. The Morgan fingerprint density at radius 2 is 2.07 bits per heavy atom. The highest BCUT2D eigenvalue weighted by Gasteiger charge is 2.35. The van der Waals surface area contributed by atoms with Crippen molar-refractivity contribution < 1.29 is 0 Å². The summed E-state index contributed by atoms with van der Waals surface area (Å²) >= 11 is 0. The highest BCUT2D eigenvalue weighted by atomic mass is 15.2. The van der Waals surface area contributed by atoms with Crippen LogP contribution in [0.2, 0.25) is 0 Å². The van der Waals surface area contributed by atoms with Gasteiger partial charge in [-0.3, -0.25) is 4.90 Å². The van der Waals surface area contributed by atoms with Crippen LogP contribution in [0.5, 0.6) is 0 Å². The summed E-state index contributed by atoms with van der Waals surface area (Å²) < 4.78 is 0. The Morgan fingerprint density at radius 1 is 1.47 bits per heavy atom. The van der Waals surface area contributed by atoms with Crippen LogP contribution in [0.4, 0.5) is 0 Å². The maximum Gasteiger partial charge on any atom is 0.0303 e. The van der Waals surface area contributed by atoms with E-state index in [0.717, 1.165) is 18.4 Å². The van der Waals surface area contributed by atoms with Gasteiger partial charge in [0, 0.05) is 18.6 Å². The van der Waals surface area contributed by atoms with Gasteiger partial charge in [0.1, 0.15) is 0 Å². The number of likely N-dealkylation sites (N-methyl/N-ethyl adjacent to an activating group) is 1. The van der Waals surface area contributed by atoms with Gasteiger partial charge in [-0.05, 0) is 32.2 Å². The molecule has 2 atom stereocenters. The summed E-state index contributed by atoms with van der Waals surface area (Å²) in [5.41, 5.74) is 6.19. The normalized spacial score (nSPS) is 22.8. The number of hydrogen-bond acceptors (Lipinski definition) is 2. The fourth-order valence-corrected chi connectivity index (χ4v) is 2.16. The van der Waals surface area contributed by atoms with E-state index in [-0.39, 0.29) is 5.54 Å². The van der Waals surface area contributed by atoms with Gasteiger partial charge in [0.15, 0.2) is 0 Å². The van der Waals surface area contributed by atoms with Gasteiger partial charge < -0.3 is 5.73 Å². The average Bonchev–Trinajstić information content (AvgIpc) is 3.01. The molecule has 2 unspecified atom stereocenters. The summed E-state index contributed by atoms with van der Waals surface area (Å²) in [7, 11) is 2.24. The highest BCUT2D eigenvalue weighted by molar-refractivity contribution is 4.92. The van der Waals surface area contributed by atoms with Gasteiger partial charge in [0.25, 0.3) is 0 Å². The molecule has 2 nitrogen and oxygen atoms in total. The SMILES string of the molecule is CCC(C)CN(C)C(C)(CN)CC1CC1. The molecule has 0 saturated heterocycles. The molecule has 0 amide bonds. The van der Waals surface area contributed by atoms with E-state index in [0.29, 0.717) is 0 Å². The van der Waals surface area contributed by atoms with Gasteiger partial charge in [-0.15, -0.1) is 0 Å². The van der Waals surface area contributed by atoms with Crippen LogP contribution in [-0.4, -0.2) is 30.6 Å². The summed E-state index contributed by atoms with van der Waals surface area (Å²) in [6, 6.07) is 0. The lowest BCUT2D eigenvalue weighted by Crippen LogP contribution is -2.51. The van der Waals surface area contributed by atoms with E-state index in [9.17, 15) is 0 Å². The fraction of sp³-hybridized carbons (Fsp3) is 1.00. The van der Waals surface area contributed by atoms with Crippen molar-refractivity contribution in [1.82, 2.24) is 4.90 Å². The Morgan fingerprint density at radius 3 is 2.47 bits per heavy atom. The number of rotatable bonds is 7. The molecule has 1 aliphatic rings. The van der Waals surface area contributed by atoms with Crippen LogP contribution in [0.1, 0.15) is 46.5 Å². The lowest BCUT2D eigenvalue weighted by Gasteiger charge is -2.39. The van der Waals surface area contributed by atoms with Crippen LogP contribution in [0.15, 0.2) is 0 Å². The summed E-state index contributed by atoms with van der Waals surface area (Å²) in [4.78, 5) is 2.49. The van der Waals surface area contributed by atoms with Crippen molar-refractivity contribution in [3.05, 3.63) is 0 Å². The monoisotopic (exact) mass is 212 g/mol. The summed E-state index contributed by atoms with van der Waals surface area (Å²) in [5, 5.41) is 0. The molecule has 2 N–H and O–H groups in total. The van der Waals surface area contributed by atoms with Crippen molar-refractivity contribution in [3.8, 4) is 0 Å². The molecule has 2 heteroatoms. The number of nitrogens with zero attached hydrogens (tertiary/aromatic N) is 1. The quantitative estimate of drug-likeness (QED) is 0.702. The molecule has 15 heavy (non-hydrogen) atoms. The van der Waals surface area contributed by atoms with E-state index in [1.807, 2.05) is 0 Å². The molecule has 0 spiro atoms. The summed E-state index contributed by atoms with van der Waals surface area (Å²) in [6.45, 7) is 8.88. The topological polar surface area (TPSA) is 29.3 Å². The molecule has 1 saturated carbocycles. The molecule has 0 aromatic rings. The minimum Gasteiger partial charge on any atom is -0.329 e. The molecule has 0 bridgehead atoms. The van der Waals surface area contributed by atoms with Crippen molar-refractivity contribution >= 4 is 0 Å². The van der Waals surface area contributed by atoms with Gasteiger partial charge in [-0.1, -0.05) is 33.1 Å². The second-order valence-electron chi connectivity index (χ2n) is 5.74. The largest absolute Gasteiger partial charge is 0.329 e. The van der Waals surface area contributed by atoms with Gasteiger partial charge in [0.05, 0.1) is 0 Å². The van der Waals surface area contributed by atoms with Crippen molar-refractivity contribution in [3.63, 3.8) is 0 Å². The van der Waals surface area contributed by atoms with Gasteiger partial charge >= 0.3 is 0 Å². The predicted octanol–water partition coefficient (Wildman–Crippen LogP) is 2.48. The maximum atomic E-state index is 5.96. The molecule has 0 heterocycles. The van der Waals surface area contributed by atoms with E-state index in [1.165, 1.54) is 32.2 Å². The van der Waals surface area contributed by atoms with Gasteiger partial charge in [-0.2, -0.15) is 0 Å². The van der Waals surface area contributed by atoms with Gasteiger partial charge in [-0.25, -0.2) is 0 Å². The van der Waals surface area contributed by atoms with Crippen LogP contribution in [-0.2, 0) is 0 Å². The van der Waals surface area contributed by atoms with E-state index in [4.69, 9.17) is 5.73 Å². The molecular weight excluding hydrogens is 184 g/mol. The first-order chi connectivity index (χ1) is 7.01. The Bertz CT molecular complexity index is 189. The van der Waals surface area contributed by atoms with E-state index in [1.54, 1.807) is 0 Å². The van der Waals surface area contributed by atoms with Gasteiger partial charge in [0.2, 0.25) is 0 Å². The van der Waals surface area contributed by atoms with E-state index < -0.39 is 0 Å². The molecule has 0 radical (unpaired) electrons. The zero-order valence-corrected chi connectivity index (χ0v) is 10.9. The van der Waals surface area contributed by atoms with Crippen LogP contribution in [0.3, 0.4) is 0 Å².